The molecule has 0 saturated carbocycles. The lowest BCUT2D eigenvalue weighted by molar-refractivity contribution is -0.383. The summed E-state index contributed by atoms with van der Waals surface area (Å²) in [5.41, 5.74) is 7.49. The molecule has 5 nitrogen and oxygen atoms in total. The van der Waals surface area contributed by atoms with Crippen LogP contribution >= 0.6 is 11.3 Å². The zero-order valence-corrected chi connectivity index (χ0v) is 11.4. The molecule has 0 aliphatic carbocycles. The fraction of sp³-hybridized carbons (Fsp3) is 0.231. The number of nitro benzene ring substituents is 1. The van der Waals surface area contributed by atoms with Crippen LogP contribution in [0, 0.1) is 10.1 Å². The summed E-state index contributed by atoms with van der Waals surface area (Å²) in [5.74, 6) is 0. The topological polar surface area (TPSA) is 81.2 Å². The highest BCUT2D eigenvalue weighted by Gasteiger charge is 2.17. The second-order valence-corrected chi connectivity index (χ2v) is 5.08. The van der Waals surface area contributed by atoms with Crippen molar-refractivity contribution < 1.29 is 4.92 Å². The molecule has 3 N–H and O–H groups in total. The number of nitrogens with zero attached hydrogens (tertiary/aromatic N) is 1. The Morgan fingerprint density at radius 1 is 1.42 bits per heavy atom. The van der Waals surface area contributed by atoms with E-state index in [-0.39, 0.29) is 11.4 Å². The SMILES string of the molecule is CCc1ccsc1CNc1cccc(N)c1[N+](=O)[O-]. The second-order valence-electron chi connectivity index (χ2n) is 4.08. The van der Waals surface area contributed by atoms with E-state index in [0.29, 0.717) is 12.2 Å². The Morgan fingerprint density at radius 2 is 2.21 bits per heavy atom. The molecule has 0 aliphatic heterocycles. The van der Waals surface area contributed by atoms with Crippen LogP contribution in [0.4, 0.5) is 17.1 Å². The van der Waals surface area contributed by atoms with Crippen LogP contribution in [0.1, 0.15) is 17.4 Å². The molecule has 1 aromatic heterocycles. The lowest BCUT2D eigenvalue weighted by Crippen LogP contribution is -2.04. The van der Waals surface area contributed by atoms with Gasteiger partial charge in [-0.15, -0.1) is 11.3 Å². The van der Waals surface area contributed by atoms with E-state index in [0.717, 1.165) is 6.42 Å². The zero-order chi connectivity index (χ0) is 13.8. The van der Waals surface area contributed by atoms with Crippen molar-refractivity contribution in [1.29, 1.82) is 0 Å². The van der Waals surface area contributed by atoms with Gasteiger partial charge in [-0.1, -0.05) is 13.0 Å². The van der Waals surface area contributed by atoms with E-state index >= 15 is 0 Å². The highest BCUT2D eigenvalue weighted by atomic mass is 32.1. The van der Waals surface area contributed by atoms with Crippen molar-refractivity contribution in [3.05, 3.63) is 50.2 Å². The van der Waals surface area contributed by atoms with Crippen molar-refractivity contribution in [2.24, 2.45) is 0 Å². The van der Waals surface area contributed by atoms with E-state index < -0.39 is 4.92 Å². The molecule has 0 amide bonds. The smallest absolute Gasteiger partial charge is 0.314 e. The number of benzene rings is 1. The van der Waals surface area contributed by atoms with Gasteiger partial charge in [0.1, 0.15) is 11.4 Å². The van der Waals surface area contributed by atoms with Crippen LogP contribution in [0.3, 0.4) is 0 Å². The first kappa shape index (κ1) is 13.4. The molecule has 1 aromatic carbocycles. The lowest BCUT2D eigenvalue weighted by atomic mass is 10.2. The molecule has 6 heteroatoms. The van der Waals surface area contributed by atoms with Gasteiger partial charge < -0.3 is 11.1 Å². The molecule has 100 valence electrons. The van der Waals surface area contributed by atoms with Crippen molar-refractivity contribution in [1.82, 2.24) is 0 Å². The van der Waals surface area contributed by atoms with E-state index in [1.165, 1.54) is 16.5 Å². The van der Waals surface area contributed by atoms with E-state index in [2.05, 4.69) is 18.3 Å². The molecule has 0 aliphatic rings. The Kier molecular flexibility index (Phi) is 4.01. The number of aryl methyl sites for hydroxylation is 1. The standard InChI is InChI=1S/C13H15N3O2S/c1-2-9-6-7-19-12(9)8-15-11-5-3-4-10(14)13(11)16(17)18/h3-7,15H,2,8,14H2,1H3. The maximum absolute atomic E-state index is 11.0. The summed E-state index contributed by atoms with van der Waals surface area (Å²) >= 11 is 1.65. The summed E-state index contributed by atoms with van der Waals surface area (Å²) in [6.45, 7) is 2.67. The van der Waals surface area contributed by atoms with Gasteiger partial charge in [0, 0.05) is 11.4 Å². The van der Waals surface area contributed by atoms with E-state index in [4.69, 9.17) is 5.73 Å². The van der Waals surface area contributed by atoms with Gasteiger partial charge in [0.25, 0.3) is 0 Å². The van der Waals surface area contributed by atoms with Crippen LogP contribution in [0.15, 0.2) is 29.6 Å². The Bertz CT molecular complexity index is 595. The molecule has 0 spiro atoms. The fourth-order valence-corrected chi connectivity index (χ4v) is 2.84. The quantitative estimate of drug-likeness (QED) is 0.498. The summed E-state index contributed by atoms with van der Waals surface area (Å²) in [6, 6.07) is 6.99. The third-order valence-corrected chi connectivity index (χ3v) is 3.87. The monoisotopic (exact) mass is 277 g/mol. The number of nitrogens with two attached hydrogens (primary N) is 1. The minimum Gasteiger partial charge on any atom is -0.393 e. The first-order chi connectivity index (χ1) is 9.13. The van der Waals surface area contributed by atoms with Crippen LogP contribution in [-0.2, 0) is 13.0 Å². The second kappa shape index (κ2) is 5.71. The maximum atomic E-state index is 11.0. The van der Waals surface area contributed by atoms with Gasteiger partial charge >= 0.3 is 5.69 Å². The maximum Gasteiger partial charge on any atom is 0.314 e. The van der Waals surface area contributed by atoms with E-state index in [1.807, 2.05) is 5.38 Å². The number of hydrogen-bond acceptors (Lipinski definition) is 5. The molecule has 2 rings (SSSR count). The summed E-state index contributed by atoms with van der Waals surface area (Å²) in [5, 5.41) is 16.1. The summed E-state index contributed by atoms with van der Waals surface area (Å²) < 4.78 is 0. The number of rotatable bonds is 5. The van der Waals surface area contributed by atoms with E-state index in [1.54, 1.807) is 23.5 Å². The van der Waals surface area contributed by atoms with Crippen LogP contribution in [0.5, 0.6) is 0 Å². The molecule has 2 aromatic rings. The molecule has 0 bridgehead atoms. The molecule has 19 heavy (non-hydrogen) atoms. The molecule has 1 heterocycles. The van der Waals surface area contributed by atoms with Crippen LogP contribution in [0.25, 0.3) is 0 Å². The zero-order valence-electron chi connectivity index (χ0n) is 10.6. The minimum atomic E-state index is -0.452. The van der Waals surface area contributed by atoms with Gasteiger partial charge in [-0.05, 0) is 35.6 Å². The predicted octanol–water partition coefficient (Wildman–Crippen LogP) is 3.41. The third-order valence-electron chi connectivity index (χ3n) is 2.91. The molecule has 0 unspecified atom stereocenters. The first-order valence-electron chi connectivity index (χ1n) is 5.95. The number of nitro groups is 1. The summed E-state index contributed by atoms with van der Waals surface area (Å²) in [4.78, 5) is 11.8. The Hall–Kier alpha value is -2.08. The fourth-order valence-electron chi connectivity index (χ4n) is 1.92. The van der Waals surface area contributed by atoms with Crippen molar-refractivity contribution in [3.8, 4) is 0 Å². The van der Waals surface area contributed by atoms with Gasteiger partial charge in [-0.25, -0.2) is 0 Å². The minimum absolute atomic E-state index is 0.0582. The highest BCUT2D eigenvalue weighted by Crippen LogP contribution is 2.31. The molecular formula is C13H15N3O2S. The van der Waals surface area contributed by atoms with Gasteiger partial charge in [0.05, 0.1) is 4.92 Å². The van der Waals surface area contributed by atoms with Gasteiger partial charge in [-0.2, -0.15) is 0 Å². The average molecular weight is 277 g/mol. The van der Waals surface area contributed by atoms with Gasteiger partial charge in [-0.3, -0.25) is 10.1 Å². The molecule has 0 saturated heterocycles. The van der Waals surface area contributed by atoms with Crippen LogP contribution in [0.2, 0.25) is 0 Å². The summed E-state index contributed by atoms with van der Waals surface area (Å²) in [6.07, 6.45) is 0.958. The van der Waals surface area contributed by atoms with Crippen LogP contribution in [-0.4, -0.2) is 4.92 Å². The number of nitrogen functional groups attached to an aromatic ring is 1. The molecule has 0 radical (unpaired) electrons. The predicted molar refractivity (Wildman–Crippen MR) is 78.5 cm³/mol. The van der Waals surface area contributed by atoms with Crippen molar-refractivity contribution in [3.63, 3.8) is 0 Å². The number of anilines is 2. The van der Waals surface area contributed by atoms with Crippen LogP contribution < -0.4 is 11.1 Å². The lowest BCUT2D eigenvalue weighted by Gasteiger charge is -2.08. The molecule has 0 fully saturated rings. The number of nitrogens with one attached hydrogen (secondary N) is 1. The normalized spacial score (nSPS) is 10.4. The highest BCUT2D eigenvalue weighted by molar-refractivity contribution is 7.10. The first-order valence-corrected chi connectivity index (χ1v) is 6.83. The number of para-hydroxylation sites is 1. The van der Waals surface area contributed by atoms with Crippen molar-refractivity contribution >= 4 is 28.4 Å². The van der Waals surface area contributed by atoms with Gasteiger partial charge in [0.2, 0.25) is 0 Å². The largest absolute Gasteiger partial charge is 0.393 e. The Labute approximate surface area is 115 Å². The van der Waals surface area contributed by atoms with E-state index in [9.17, 15) is 10.1 Å². The van der Waals surface area contributed by atoms with Crippen molar-refractivity contribution in [2.75, 3.05) is 11.1 Å². The van der Waals surface area contributed by atoms with Gasteiger partial charge in [0.15, 0.2) is 0 Å². The summed E-state index contributed by atoms with van der Waals surface area (Å²) in [7, 11) is 0. The molecule has 0 atom stereocenters. The Morgan fingerprint density at radius 3 is 2.89 bits per heavy atom. The Balaban J connectivity index is 2.20. The number of thiophene rings is 1. The average Bonchev–Trinajstić information content (AvgIpc) is 2.83. The third kappa shape index (κ3) is 2.85. The number of hydrogen-bond donors (Lipinski definition) is 2. The van der Waals surface area contributed by atoms with Crippen molar-refractivity contribution in [2.45, 2.75) is 19.9 Å². The molecular weight excluding hydrogens is 262 g/mol.